The molecule has 0 aliphatic carbocycles. The Bertz CT molecular complexity index is 236. The molecular formula is C12H18O. The fourth-order valence-electron chi connectivity index (χ4n) is 1.72. The van der Waals surface area contributed by atoms with Gasteiger partial charge in [0.2, 0.25) is 0 Å². The van der Waals surface area contributed by atoms with Crippen LogP contribution in [0.2, 0.25) is 0 Å². The lowest BCUT2D eigenvalue weighted by molar-refractivity contribution is 0.0999. The molecule has 0 saturated heterocycles. The van der Waals surface area contributed by atoms with Crippen LogP contribution in [0.4, 0.5) is 0 Å². The summed E-state index contributed by atoms with van der Waals surface area (Å²) in [5.41, 5.74) is 2.51. The van der Waals surface area contributed by atoms with Crippen LogP contribution >= 0.6 is 0 Å². The summed E-state index contributed by atoms with van der Waals surface area (Å²) in [6, 6.07) is 0. The zero-order chi connectivity index (χ0) is 9.84. The highest BCUT2D eigenvalue weighted by molar-refractivity contribution is 5.35. The van der Waals surface area contributed by atoms with Crippen LogP contribution in [0.15, 0.2) is 36.5 Å². The maximum Gasteiger partial charge on any atom is 0.0719 e. The fraction of sp³-hybridized carbons (Fsp3) is 0.500. The number of allylic oxidation sites excluding steroid dienone is 1. The van der Waals surface area contributed by atoms with Crippen molar-refractivity contribution in [1.29, 1.82) is 0 Å². The lowest BCUT2D eigenvalue weighted by Gasteiger charge is -2.28. The van der Waals surface area contributed by atoms with E-state index in [0.717, 1.165) is 6.61 Å². The predicted octanol–water partition coefficient (Wildman–Crippen LogP) is 2.96. The summed E-state index contributed by atoms with van der Waals surface area (Å²) in [5.74, 6) is 1.09. The quantitative estimate of drug-likeness (QED) is 0.645. The summed E-state index contributed by atoms with van der Waals surface area (Å²) in [6.07, 6.45) is 3.83. The third kappa shape index (κ3) is 2.10. The molecule has 0 amide bonds. The largest absolute Gasteiger partial charge is 0.376 e. The molecule has 1 atom stereocenters. The molecule has 0 bridgehead atoms. The van der Waals surface area contributed by atoms with Crippen LogP contribution in [0.25, 0.3) is 0 Å². The van der Waals surface area contributed by atoms with Crippen LogP contribution in [0.1, 0.15) is 13.8 Å². The molecule has 1 aliphatic rings. The Balaban J connectivity index is 2.98. The molecule has 1 aliphatic heterocycles. The van der Waals surface area contributed by atoms with Crippen molar-refractivity contribution < 1.29 is 4.74 Å². The molecule has 1 heterocycles. The zero-order valence-electron chi connectivity index (χ0n) is 8.55. The Kier molecular flexibility index (Phi) is 3.49. The standard InChI is InChI=1S/C12H18O/c1-5-10-7-13-8-12(9(3)4)11(10)6-2/h5-6,9,12H,1-2,7-8H2,3-4H3. The van der Waals surface area contributed by atoms with Crippen molar-refractivity contribution in [3.05, 3.63) is 36.5 Å². The minimum Gasteiger partial charge on any atom is -0.376 e. The van der Waals surface area contributed by atoms with Gasteiger partial charge in [-0.25, -0.2) is 0 Å². The van der Waals surface area contributed by atoms with Crippen LogP contribution in [0, 0.1) is 11.8 Å². The van der Waals surface area contributed by atoms with Crippen LogP contribution < -0.4 is 0 Å². The van der Waals surface area contributed by atoms with E-state index in [1.54, 1.807) is 0 Å². The van der Waals surface area contributed by atoms with Gasteiger partial charge in [-0.15, -0.1) is 0 Å². The zero-order valence-corrected chi connectivity index (χ0v) is 8.55. The molecule has 1 unspecified atom stereocenters. The molecule has 0 saturated carbocycles. The van der Waals surface area contributed by atoms with Gasteiger partial charge in [-0.05, 0) is 17.1 Å². The normalized spacial score (nSPS) is 23.5. The summed E-state index contributed by atoms with van der Waals surface area (Å²) in [4.78, 5) is 0. The smallest absolute Gasteiger partial charge is 0.0719 e. The first-order valence-electron chi connectivity index (χ1n) is 4.76. The van der Waals surface area contributed by atoms with Crippen molar-refractivity contribution in [3.8, 4) is 0 Å². The Morgan fingerprint density at radius 1 is 1.38 bits per heavy atom. The van der Waals surface area contributed by atoms with Gasteiger partial charge in [-0.2, -0.15) is 0 Å². The highest BCUT2D eigenvalue weighted by atomic mass is 16.5. The second-order valence-electron chi connectivity index (χ2n) is 3.75. The lowest BCUT2D eigenvalue weighted by atomic mass is 9.84. The van der Waals surface area contributed by atoms with E-state index in [9.17, 15) is 0 Å². The molecule has 0 aromatic rings. The van der Waals surface area contributed by atoms with Gasteiger partial charge in [0.15, 0.2) is 0 Å². The maximum atomic E-state index is 5.50. The van der Waals surface area contributed by atoms with Gasteiger partial charge < -0.3 is 4.74 Å². The molecule has 0 fully saturated rings. The molecule has 1 rings (SSSR count). The van der Waals surface area contributed by atoms with Crippen molar-refractivity contribution in [1.82, 2.24) is 0 Å². The molecule has 72 valence electrons. The van der Waals surface area contributed by atoms with Crippen LogP contribution in [-0.2, 0) is 4.74 Å². The van der Waals surface area contributed by atoms with E-state index < -0.39 is 0 Å². The number of ether oxygens (including phenoxy) is 1. The summed E-state index contributed by atoms with van der Waals surface area (Å²) in [6.45, 7) is 13.6. The van der Waals surface area contributed by atoms with Crippen LogP contribution in [0.3, 0.4) is 0 Å². The first-order valence-corrected chi connectivity index (χ1v) is 4.76. The number of rotatable bonds is 3. The number of hydrogen-bond acceptors (Lipinski definition) is 1. The summed E-state index contributed by atoms with van der Waals surface area (Å²) in [5, 5.41) is 0. The molecule has 0 aromatic heterocycles. The lowest BCUT2D eigenvalue weighted by Crippen LogP contribution is -2.24. The molecule has 0 aromatic carbocycles. The average molecular weight is 178 g/mol. The topological polar surface area (TPSA) is 9.23 Å². The Hall–Kier alpha value is -0.820. The third-order valence-corrected chi connectivity index (χ3v) is 2.60. The van der Waals surface area contributed by atoms with Gasteiger partial charge in [0.25, 0.3) is 0 Å². The van der Waals surface area contributed by atoms with Crippen molar-refractivity contribution in [3.63, 3.8) is 0 Å². The van der Waals surface area contributed by atoms with Crippen molar-refractivity contribution in [2.75, 3.05) is 13.2 Å². The fourth-order valence-corrected chi connectivity index (χ4v) is 1.72. The summed E-state index contributed by atoms with van der Waals surface area (Å²) >= 11 is 0. The first-order chi connectivity index (χ1) is 6.20. The van der Waals surface area contributed by atoms with E-state index in [1.165, 1.54) is 11.1 Å². The first kappa shape index (κ1) is 10.3. The predicted molar refractivity (Wildman–Crippen MR) is 56.6 cm³/mol. The molecule has 1 nitrogen and oxygen atoms in total. The molecule has 0 radical (unpaired) electrons. The Morgan fingerprint density at radius 3 is 2.54 bits per heavy atom. The molecule has 1 heteroatoms. The van der Waals surface area contributed by atoms with Gasteiger partial charge in [-0.1, -0.05) is 39.2 Å². The Morgan fingerprint density at radius 2 is 2.08 bits per heavy atom. The second kappa shape index (κ2) is 4.43. The minimum absolute atomic E-state index is 0.485. The number of hydrogen-bond donors (Lipinski definition) is 0. The molecular weight excluding hydrogens is 160 g/mol. The Labute approximate surface area is 80.8 Å². The van der Waals surface area contributed by atoms with E-state index in [2.05, 4.69) is 27.0 Å². The highest BCUT2D eigenvalue weighted by Crippen LogP contribution is 2.28. The maximum absolute atomic E-state index is 5.50. The van der Waals surface area contributed by atoms with E-state index >= 15 is 0 Å². The van der Waals surface area contributed by atoms with E-state index in [-0.39, 0.29) is 0 Å². The van der Waals surface area contributed by atoms with E-state index in [0.29, 0.717) is 18.4 Å². The summed E-state index contributed by atoms with van der Waals surface area (Å²) < 4.78 is 5.50. The average Bonchev–Trinajstić information content (AvgIpc) is 2.16. The van der Waals surface area contributed by atoms with Gasteiger partial charge in [0, 0.05) is 5.92 Å². The van der Waals surface area contributed by atoms with Gasteiger partial charge in [0.05, 0.1) is 13.2 Å². The van der Waals surface area contributed by atoms with Gasteiger partial charge >= 0.3 is 0 Å². The van der Waals surface area contributed by atoms with Gasteiger partial charge in [0.1, 0.15) is 0 Å². The van der Waals surface area contributed by atoms with E-state index in [1.807, 2.05) is 12.2 Å². The molecule has 0 spiro atoms. The minimum atomic E-state index is 0.485. The summed E-state index contributed by atoms with van der Waals surface area (Å²) in [7, 11) is 0. The van der Waals surface area contributed by atoms with E-state index in [4.69, 9.17) is 4.74 Å². The van der Waals surface area contributed by atoms with Crippen molar-refractivity contribution >= 4 is 0 Å². The van der Waals surface area contributed by atoms with Crippen molar-refractivity contribution in [2.45, 2.75) is 13.8 Å². The third-order valence-electron chi connectivity index (χ3n) is 2.60. The van der Waals surface area contributed by atoms with Crippen molar-refractivity contribution in [2.24, 2.45) is 11.8 Å². The molecule has 0 N–H and O–H groups in total. The highest BCUT2D eigenvalue weighted by Gasteiger charge is 2.22. The van der Waals surface area contributed by atoms with Crippen LogP contribution in [0.5, 0.6) is 0 Å². The second-order valence-corrected chi connectivity index (χ2v) is 3.75. The monoisotopic (exact) mass is 178 g/mol. The molecule has 13 heavy (non-hydrogen) atoms. The van der Waals surface area contributed by atoms with Gasteiger partial charge in [-0.3, -0.25) is 0 Å². The van der Waals surface area contributed by atoms with Crippen LogP contribution in [-0.4, -0.2) is 13.2 Å². The SMILES string of the molecule is C=CC1=C(C=C)C(C(C)C)COC1.